The Morgan fingerprint density at radius 1 is 0.909 bits per heavy atom. The van der Waals surface area contributed by atoms with E-state index in [-0.39, 0.29) is 10.8 Å². The first-order valence-corrected chi connectivity index (χ1v) is 13.7. The van der Waals surface area contributed by atoms with Crippen molar-refractivity contribution in [2.45, 2.75) is 31.1 Å². The van der Waals surface area contributed by atoms with Crippen molar-refractivity contribution < 1.29 is 13.2 Å². The van der Waals surface area contributed by atoms with Crippen LogP contribution in [0.5, 0.6) is 0 Å². The van der Waals surface area contributed by atoms with Crippen molar-refractivity contribution in [2.24, 2.45) is 0 Å². The first-order valence-electron chi connectivity index (χ1n) is 11.4. The van der Waals surface area contributed by atoms with Gasteiger partial charge in [0.1, 0.15) is 0 Å². The molecule has 5 rings (SSSR count). The molecule has 9 heteroatoms. The lowest BCUT2D eigenvalue weighted by Crippen LogP contribution is -2.48. The third kappa shape index (κ3) is 4.49. The molecule has 3 aromatic rings. The SMILES string of the molecule is Cc1ccc2nc(N3CCN(C(=O)c4ccc(S(=O)(=O)N5CCCCC5)cc4)CC3)sc2c1. The van der Waals surface area contributed by atoms with Crippen LogP contribution in [0.15, 0.2) is 47.4 Å². The number of hydrogen-bond acceptors (Lipinski definition) is 6. The molecular formula is C24H28N4O3S2. The van der Waals surface area contributed by atoms with Crippen LogP contribution in [0.3, 0.4) is 0 Å². The average Bonchev–Trinajstić information content (AvgIpc) is 3.27. The Morgan fingerprint density at radius 3 is 2.30 bits per heavy atom. The van der Waals surface area contributed by atoms with E-state index in [9.17, 15) is 13.2 Å². The summed E-state index contributed by atoms with van der Waals surface area (Å²) in [4.78, 5) is 22.1. The fraction of sp³-hybridized carbons (Fsp3) is 0.417. The molecule has 0 bridgehead atoms. The Kier molecular flexibility index (Phi) is 6.11. The van der Waals surface area contributed by atoms with E-state index in [4.69, 9.17) is 4.98 Å². The van der Waals surface area contributed by atoms with Crippen LogP contribution in [0.4, 0.5) is 5.13 Å². The molecule has 2 fully saturated rings. The van der Waals surface area contributed by atoms with Crippen LogP contribution in [0, 0.1) is 6.92 Å². The van der Waals surface area contributed by atoms with Crippen LogP contribution < -0.4 is 4.90 Å². The summed E-state index contributed by atoms with van der Waals surface area (Å²) in [5.41, 5.74) is 2.76. The number of nitrogens with zero attached hydrogens (tertiary/aromatic N) is 4. The molecule has 0 unspecified atom stereocenters. The second-order valence-electron chi connectivity index (χ2n) is 8.74. The van der Waals surface area contributed by atoms with Crippen LogP contribution in [0.2, 0.25) is 0 Å². The van der Waals surface area contributed by atoms with Crippen molar-refractivity contribution in [1.29, 1.82) is 0 Å². The molecule has 2 aromatic carbocycles. The van der Waals surface area contributed by atoms with E-state index < -0.39 is 10.0 Å². The molecule has 0 spiro atoms. The zero-order valence-electron chi connectivity index (χ0n) is 18.7. The van der Waals surface area contributed by atoms with Gasteiger partial charge in [-0.3, -0.25) is 4.79 Å². The molecule has 0 atom stereocenters. The lowest BCUT2D eigenvalue weighted by Gasteiger charge is -2.34. The number of amides is 1. The van der Waals surface area contributed by atoms with Crippen LogP contribution in [0.25, 0.3) is 10.2 Å². The Labute approximate surface area is 198 Å². The van der Waals surface area contributed by atoms with E-state index in [1.54, 1.807) is 39.9 Å². The summed E-state index contributed by atoms with van der Waals surface area (Å²) in [5.74, 6) is -0.0588. The van der Waals surface area contributed by atoms with Gasteiger partial charge in [0.05, 0.1) is 15.1 Å². The van der Waals surface area contributed by atoms with Crippen LogP contribution in [0.1, 0.15) is 35.2 Å². The van der Waals surface area contributed by atoms with Crippen molar-refractivity contribution in [3.8, 4) is 0 Å². The van der Waals surface area contributed by atoms with Gasteiger partial charge < -0.3 is 9.80 Å². The Balaban J connectivity index is 1.23. The van der Waals surface area contributed by atoms with E-state index in [1.165, 1.54) is 10.3 Å². The third-order valence-corrected chi connectivity index (χ3v) is 9.42. The molecule has 1 amide bonds. The highest BCUT2D eigenvalue weighted by atomic mass is 32.2. The first kappa shape index (κ1) is 22.3. The topological polar surface area (TPSA) is 73.8 Å². The molecule has 7 nitrogen and oxygen atoms in total. The number of aromatic nitrogens is 1. The number of hydrogen-bond donors (Lipinski definition) is 0. The normalized spacial score (nSPS) is 18.1. The number of fused-ring (bicyclic) bond motifs is 1. The smallest absolute Gasteiger partial charge is 0.253 e. The van der Waals surface area contributed by atoms with Gasteiger partial charge in [0, 0.05) is 44.8 Å². The van der Waals surface area contributed by atoms with Gasteiger partial charge in [0.25, 0.3) is 5.91 Å². The molecule has 2 aliphatic rings. The number of carbonyl (C=O) groups is 1. The van der Waals surface area contributed by atoms with Crippen LogP contribution in [-0.2, 0) is 10.0 Å². The third-order valence-electron chi connectivity index (χ3n) is 6.42. The molecule has 0 saturated carbocycles. The van der Waals surface area contributed by atoms with Crippen molar-refractivity contribution in [3.63, 3.8) is 0 Å². The summed E-state index contributed by atoms with van der Waals surface area (Å²) in [7, 11) is -3.49. The largest absolute Gasteiger partial charge is 0.345 e. The number of piperidine rings is 1. The van der Waals surface area contributed by atoms with Crippen LogP contribution in [-0.4, -0.2) is 67.8 Å². The summed E-state index contributed by atoms with van der Waals surface area (Å²) >= 11 is 1.69. The molecule has 33 heavy (non-hydrogen) atoms. The number of piperazine rings is 1. The van der Waals surface area contributed by atoms with Gasteiger partial charge in [0.15, 0.2) is 5.13 Å². The molecule has 0 aliphatic carbocycles. The van der Waals surface area contributed by atoms with Gasteiger partial charge in [-0.2, -0.15) is 4.31 Å². The fourth-order valence-electron chi connectivity index (χ4n) is 4.46. The van der Waals surface area contributed by atoms with Crippen LogP contribution >= 0.6 is 11.3 Å². The minimum atomic E-state index is -3.49. The van der Waals surface area contributed by atoms with Gasteiger partial charge in [-0.15, -0.1) is 0 Å². The number of thiazole rings is 1. The molecule has 2 aliphatic heterocycles. The monoisotopic (exact) mass is 484 g/mol. The maximum absolute atomic E-state index is 13.0. The predicted molar refractivity (Wildman–Crippen MR) is 132 cm³/mol. The lowest BCUT2D eigenvalue weighted by atomic mass is 10.2. The van der Waals surface area contributed by atoms with Crippen molar-refractivity contribution in [3.05, 3.63) is 53.6 Å². The quantitative estimate of drug-likeness (QED) is 0.564. The highest BCUT2D eigenvalue weighted by Gasteiger charge is 2.27. The van der Waals surface area contributed by atoms with Crippen molar-refractivity contribution in [1.82, 2.24) is 14.2 Å². The summed E-state index contributed by atoms with van der Waals surface area (Å²) < 4.78 is 28.4. The highest BCUT2D eigenvalue weighted by molar-refractivity contribution is 7.89. The molecule has 1 aromatic heterocycles. The molecule has 0 N–H and O–H groups in total. The second-order valence-corrected chi connectivity index (χ2v) is 11.7. The standard InChI is InChI=1S/C24H28N4O3S2/c1-18-5-10-21-22(17-18)32-24(25-21)27-15-13-26(14-16-27)23(29)19-6-8-20(9-7-19)33(30,31)28-11-3-2-4-12-28/h5-10,17H,2-4,11-16H2,1H3. The first-order chi connectivity index (χ1) is 15.9. The Bertz CT molecular complexity index is 1260. The molecule has 174 valence electrons. The van der Waals surface area contributed by atoms with Gasteiger partial charge in [-0.05, 0) is 61.7 Å². The predicted octanol–water partition coefficient (Wildman–Crippen LogP) is 3.74. The molecular weight excluding hydrogens is 456 g/mol. The van der Waals surface area contributed by atoms with Gasteiger partial charge in [0.2, 0.25) is 10.0 Å². The number of rotatable bonds is 4. The van der Waals surface area contributed by atoms with Gasteiger partial charge in [-0.1, -0.05) is 23.8 Å². The van der Waals surface area contributed by atoms with E-state index >= 15 is 0 Å². The fourth-order valence-corrected chi connectivity index (χ4v) is 7.09. The molecule has 0 radical (unpaired) electrons. The molecule has 3 heterocycles. The van der Waals surface area contributed by atoms with E-state index in [2.05, 4.69) is 30.0 Å². The van der Waals surface area contributed by atoms with E-state index in [0.717, 1.165) is 43.0 Å². The van der Waals surface area contributed by atoms with Crippen molar-refractivity contribution >= 4 is 42.6 Å². The second kappa shape index (κ2) is 9.04. The number of anilines is 1. The number of carbonyl (C=O) groups excluding carboxylic acids is 1. The zero-order chi connectivity index (χ0) is 23.0. The number of benzene rings is 2. The summed E-state index contributed by atoms with van der Waals surface area (Å²) in [6, 6.07) is 12.7. The highest BCUT2D eigenvalue weighted by Crippen LogP contribution is 2.30. The number of sulfonamides is 1. The minimum absolute atomic E-state index is 0.0588. The minimum Gasteiger partial charge on any atom is -0.345 e. The zero-order valence-corrected chi connectivity index (χ0v) is 20.4. The van der Waals surface area contributed by atoms with E-state index in [1.807, 2.05) is 4.90 Å². The van der Waals surface area contributed by atoms with Gasteiger partial charge >= 0.3 is 0 Å². The number of aryl methyl sites for hydroxylation is 1. The van der Waals surface area contributed by atoms with Crippen molar-refractivity contribution in [2.75, 3.05) is 44.2 Å². The molecule has 2 saturated heterocycles. The average molecular weight is 485 g/mol. The van der Waals surface area contributed by atoms with Gasteiger partial charge in [-0.25, -0.2) is 13.4 Å². The summed E-state index contributed by atoms with van der Waals surface area (Å²) in [6.07, 6.45) is 2.88. The Morgan fingerprint density at radius 2 is 1.61 bits per heavy atom. The summed E-state index contributed by atoms with van der Waals surface area (Å²) in [5, 5.41) is 0.995. The van der Waals surface area contributed by atoms with E-state index in [0.29, 0.717) is 31.7 Å². The maximum atomic E-state index is 13.0. The maximum Gasteiger partial charge on any atom is 0.253 e. The summed E-state index contributed by atoms with van der Waals surface area (Å²) in [6.45, 7) is 5.91. The Hall–Kier alpha value is -2.49. The lowest BCUT2D eigenvalue weighted by molar-refractivity contribution is 0.0746.